The van der Waals surface area contributed by atoms with Crippen molar-refractivity contribution in [1.29, 1.82) is 0 Å². The molecule has 1 saturated carbocycles. The molecular weight excluding hydrogens is 220 g/mol. The Kier molecular flexibility index (Phi) is 5.73. The van der Waals surface area contributed by atoms with Crippen LogP contribution in [-0.2, 0) is 19.1 Å². The average Bonchev–Trinajstić information content (AvgIpc) is 2.34. The lowest BCUT2D eigenvalue weighted by Crippen LogP contribution is -2.24. The molecule has 4 heteroatoms. The van der Waals surface area contributed by atoms with Gasteiger partial charge >= 0.3 is 5.97 Å². The highest BCUT2D eigenvalue weighted by molar-refractivity contribution is 6.32. The van der Waals surface area contributed by atoms with Crippen molar-refractivity contribution in [1.82, 2.24) is 0 Å². The fourth-order valence-electron chi connectivity index (χ4n) is 2.06. The summed E-state index contributed by atoms with van der Waals surface area (Å²) in [7, 11) is 0. The standard InChI is InChI=1S/C13H20O4/c1-3-16-8-11-4-6-12(7-5-11)9-17-13(15)10(2)14/h3,11-12H,1,4-9H2,2H3. The van der Waals surface area contributed by atoms with Crippen LogP contribution in [0.1, 0.15) is 32.6 Å². The summed E-state index contributed by atoms with van der Waals surface area (Å²) in [6.07, 6.45) is 5.68. The topological polar surface area (TPSA) is 52.6 Å². The molecular formula is C13H20O4. The van der Waals surface area contributed by atoms with Crippen LogP contribution >= 0.6 is 0 Å². The Labute approximate surface area is 102 Å². The van der Waals surface area contributed by atoms with Gasteiger partial charge in [0, 0.05) is 6.92 Å². The van der Waals surface area contributed by atoms with Crippen molar-refractivity contribution in [3.63, 3.8) is 0 Å². The molecule has 0 atom stereocenters. The minimum atomic E-state index is -0.720. The largest absolute Gasteiger partial charge is 0.502 e. The Hall–Kier alpha value is -1.32. The molecule has 0 aromatic rings. The summed E-state index contributed by atoms with van der Waals surface area (Å²) in [5.74, 6) is -0.286. The van der Waals surface area contributed by atoms with Gasteiger partial charge in [0.15, 0.2) is 0 Å². The van der Waals surface area contributed by atoms with Crippen LogP contribution in [0.3, 0.4) is 0 Å². The lowest BCUT2D eigenvalue weighted by atomic mass is 9.83. The fraction of sp³-hybridized carbons (Fsp3) is 0.692. The molecule has 0 unspecified atom stereocenters. The molecule has 4 nitrogen and oxygen atoms in total. The minimum absolute atomic E-state index is 0.369. The van der Waals surface area contributed by atoms with Crippen molar-refractivity contribution in [2.45, 2.75) is 32.6 Å². The highest BCUT2D eigenvalue weighted by atomic mass is 16.5. The van der Waals surface area contributed by atoms with Crippen LogP contribution in [0.25, 0.3) is 0 Å². The Morgan fingerprint density at radius 1 is 1.18 bits per heavy atom. The zero-order chi connectivity index (χ0) is 12.7. The molecule has 0 spiro atoms. The molecule has 1 aliphatic carbocycles. The van der Waals surface area contributed by atoms with Crippen LogP contribution in [0.4, 0.5) is 0 Å². The predicted molar refractivity (Wildman–Crippen MR) is 63.2 cm³/mol. The van der Waals surface area contributed by atoms with E-state index >= 15 is 0 Å². The van der Waals surface area contributed by atoms with Gasteiger partial charge in [-0.15, -0.1) is 0 Å². The van der Waals surface area contributed by atoms with E-state index in [0.29, 0.717) is 18.4 Å². The molecule has 0 aromatic heterocycles. The van der Waals surface area contributed by atoms with E-state index in [1.54, 1.807) is 0 Å². The van der Waals surface area contributed by atoms with Crippen LogP contribution < -0.4 is 0 Å². The van der Waals surface area contributed by atoms with E-state index in [4.69, 9.17) is 9.47 Å². The minimum Gasteiger partial charge on any atom is -0.502 e. The SMILES string of the molecule is C=COCC1CCC(COC(=O)C(C)=O)CC1. The predicted octanol–water partition coefficient (Wildman–Crippen LogP) is 2.09. The summed E-state index contributed by atoms with van der Waals surface area (Å²) in [4.78, 5) is 21.7. The van der Waals surface area contributed by atoms with E-state index < -0.39 is 11.8 Å². The van der Waals surface area contributed by atoms with Crippen molar-refractivity contribution in [2.75, 3.05) is 13.2 Å². The lowest BCUT2D eigenvalue weighted by molar-refractivity contribution is -0.154. The van der Waals surface area contributed by atoms with Crippen molar-refractivity contribution >= 4 is 11.8 Å². The molecule has 0 saturated heterocycles. The quantitative estimate of drug-likeness (QED) is 0.405. The van der Waals surface area contributed by atoms with Crippen LogP contribution in [0, 0.1) is 11.8 Å². The monoisotopic (exact) mass is 240 g/mol. The third kappa shape index (κ3) is 5.02. The first kappa shape index (κ1) is 13.7. The summed E-state index contributed by atoms with van der Waals surface area (Å²) >= 11 is 0. The normalized spacial score (nSPS) is 23.8. The van der Waals surface area contributed by atoms with E-state index in [2.05, 4.69) is 6.58 Å². The van der Waals surface area contributed by atoms with Gasteiger partial charge in [0.2, 0.25) is 5.78 Å². The van der Waals surface area contributed by atoms with Gasteiger partial charge in [0.05, 0.1) is 19.5 Å². The van der Waals surface area contributed by atoms with E-state index in [9.17, 15) is 9.59 Å². The van der Waals surface area contributed by atoms with Crippen molar-refractivity contribution < 1.29 is 19.1 Å². The van der Waals surface area contributed by atoms with Gasteiger partial charge in [0.1, 0.15) is 0 Å². The van der Waals surface area contributed by atoms with Crippen LogP contribution in [0.5, 0.6) is 0 Å². The summed E-state index contributed by atoms with van der Waals surface area (Å²) in [5, 5.41) is 0. The van der Waals surface area contributed by atoms with E-state index in [1.165, 1.54) is 13.2 Å². The molecule has 0 aromatic carbocycles. The number of rotatable bonds is 6. The highest BCUT2D eigenvalue weighted by Crippen LogP contribution is 2.29. The number of ether oxygens (including phenoxy) is 2. The molecule has 0 aliphatic heterocycles. The average molecular weight is 240 g/mol. The van der Waals surface area contributed by atoms with Gasteiger partial charge < -0.3 is 9.47 Å². The maximum Gasteiger partial charge on any atom is 0.374 e. The molecule has 0 bridgehead atoms. The number of esters is 1. The Bertz CT molecular complexity index is 277. The van der Waals surface area contributed by atoms with E-state index in [1.807, 2.05) is 0 Å². The Balaban J connectivity index is 2.16. The number of hydrogen-bond acceptors (Lipinski definition) is 4. The van der Waals surface area contributed by atoms with Crippen molar-refractivity contribution in [3.05, 3.63) is 12.8 Å². The number of carbonyl (C=O) groups excluding carboxylic acids is 2. The highest BCUT2D eigenvalue weighted by Gasteiger charge is 2.23. The zero-order valence-corrected chi connectivity index (χ0v) is 10.3. The van der Waals surface area contributed by atoms with Crippen LogP contribution in [0.15, 0.2) is 12.8 Å². The van der Waals surface area contributed by atoms with Crippen molar-refractivity contribution in [2.24, 2.45) is 11.8 Å². The molecule has 0 amide bonds. The van der Waals surface area contributed by atoms with Crippen LogP contribution in [0.2, 0.25) is 0 Å². The first-order valence-electron chi connectivity index (χ1n) is 6.03. The van der Waals surface area contributed by atoms with Gasteiger partial charge in [0.25, 0.3) is 0 Å². The first-order chi connectivity index (χ1) is 8.13. The Morgan fingerprint density at radius 3 is 2.18 bits per heavy atom. The molecule has 1 rings (SSSR count). The van der Waals surface area contributed by atoms with Gasteiger partial charge in [-0.1, -0.05) is 6.58 Å². The third-order valence-electron chi connectivity index (χ3n) is 3.15. The molecule has 96 valence electrons. The molecule has 1 fully saturated rings. The second kappa shape index (κ2) is 7.09. The second-order valence-corrected chi connectivity index (χ2v) is 4.54. The third-order valence-corrected chi connectivity index (χ3v) is 3.15. The van der Waals surface area contributed by atoms with Crippen molar-refractivity contribution in [3.8, 4) is 0 Å². The van der Waals surface area contributed by atoms with Gasteiger partial charge in [-0.3, -0.25) is 4.79 Å². The van der Waals surface area contributed by atoms with E-state index in [0.717, 1.165) is 32.3 Å². The lowest BCUT2D eigenvalue weighted by Gasteiger charge is -2.27. The number of Topliss-reactive ketones (excluding diaryl/α,β-unsaturated/α-hetero) is 1. The van der Waals surface area contributed by atoms with Gasteiger partial charge in [-0.25, -0.2) is 4.79 Å². The fourth-order valence-corrected chi connectivity index (χ4v) is 2.06. The summed E-state index contributed by atoms with van der Waals surface area (Å²) < 4.78 is 10.1. The molecule has 0 heterocycles. The maximum atomic E-state index is 11.0. The first-order valence-corrected chi connectivity index (χ1v) is 6.03. The number of ketones is 1. The summed E-state index contributed by atoms with van der Waals surface area (Å²) in [6, 6.07) is 0. The second-order valence-electron chi connectivity index (χ2n) is 4.54. The molecule has 0 radical (unpaired) electrons. The van der Waals surface area contributed by atoms with Gasteiger partial charge in [-0.05, 0) is 37.5 Å². The summed E-state index contributed by atoms with van der Waals surface area (Å²) in [6.45, 7) is 5.84. The van der Waals surface area contributed by atoms with E-state index in [-0.39, 0.29) is 0 Å². The smallest absolute Gasteiger partial charge is 0.374 e. The molecule has 0 N–H and O–H groups in total. The molecule has 1 aliphatic rings. The Morgan fingerprint density at radius 2 is 1.71 bits per heavy atom. The van der Waals surface area contributed by atoms with Crippen LogP contribution in [-0.4, -0.2) is 25.0 Å². The number of hydrogen-bond donors (Lipinski definition) is 0. The summed E-state index contributed by atoms with van der Waals surface area (Å²) in [5.41, 5.74) is 0. The molecule has 17 heavy (non-hydrogen) atoms. The zero-order valence-electron chi connectivity index (χ0n) is 10.3. The van der Waals surface area contributed by atoms with Gasteiger partial charge in [-0.2, -0.15) is 0 Å². The maximum absolute atomic E-state index is 11.0. The number of carbonyl (C=O) groups is 2.